The average molecular weight is 381 g/mol. The quantitative estimate of drug-likeness (QED) is 0.809. The molecular formula is C18H21ClN2O3S. The van der Waals surface area contributed by atoms with E-state index in [0.717, 1.165) is 5.69 Å². The van der Waals surface area contributed by atoms with E-state index >= 15 is 0 Å². The Morgan fingerprint density at radius 2 is 1.92 bits per heavy atom. The number of benzene rings is 1. The molecule has 0 saturated carbocycles. The Bertz CT molecular complexity index is 826. The fourth-order valence-electron chi connectivity index (χ4n) is 2.77. The predicted octanol–water partition coefficient (Wildman–Crippen LogP) is 3.93. The number of nitrogens with zero attached hydrogens (tertiary/aromatic N) is 2. The first-order valence-electron chi connectivity index (χ1n) is 8.09. The van der Waals surface area contributed by atoms with Gasteiger partial charge in [-0.1, -0.05) is 37.5 Å². The van der Waals surface area contributed by atoms with Crippen LogP contribution in [0.15, 0.2) is 39.8 Å². The van der Waals surface area contributed by atoms with Crippen LogP contribution in [0.4, 0.5) is 5.88 Å². The summed E-state index contributed by atoms with van der Waals surface area (Å²) in [6, 6.07) is 8.55. The molecule has 7 heteroatoms. The Labute approximate surface area is 154 Å². The maximum Gasteiger partial charge on any atom is 0.248 e. The number of anilines is 1. The number of hydrogen-bond acceptors (Lipinski definition) is 4. The summed E-state index contributed by atoms with van der Waals surface area (Å²) in [7, 11) is -1.48. The van der Waals surface area contributed by atoms with Crippen molar-refractivity contribution in [1.29, 1.82) is 0 Å². The summed E-state index contributed by atoms with van der Waals surface area (Å²) in [5.41, 5.74) is 0.614. The second-order valence-corrected chi connectivity index (χ2v) is 9.81. The summed E-state index contributed by atoms with van der Waals surface area (Å²) in [5, 5.41) is 4.64. The zero-order valence-electron chi connectivity index (χ0n) is 14.7. The molecule has 1 amide bonds. The van der Waals surface area contributed by atoms with Crippen LogP contribution >= 0.6 is 11.6 Å². The maximum absolute atomic E-state index is 13.0. The van der Waals surface area contributed by atoms with Crippen molar-refractivity contribution < 1.29 is 13.5 Å². The molecule has 2 aromatic rings. The van der Waals surface area contributed by atoms with Crippen LogP contribution in [-0.4, -0.2) is 26.6 Å². The van der Waals surface area contributed by atoms with Crippen molar-refractivity contribution in [3.05, 3.63) is 41.0 Å². The Kier molecular flexibility index (Phi) is 4.54. The fourth-order valence-corrected chi connectivity index (χ4v) is 4.34. The van der Waals surface area contributed by atoms with Crippen molar-refractivity contribution in [3.8, 4) is 0 Å². The molecule has 2 atom stereocenters. The molecule has 1 unspecified atom stereocenters. The number of hydrogen-bond donors (Lipinski definition) is 0. The number of carbonyl (C=O) groups is 1. The molecule has 1 fully saturated rings. The van der Waals surface area contributed by atoms with Gasteiger partial charge in [0, 0.05) is 27.9 Å². The third kappa shape index (κ3) is 3.25. The Hall–Kier alpha value is -1.66. The predicted molar refractivity (Wildman–Crippen MR) is 98.4 cm³/mol. The monoisotopic (exact) mass is 380 g/mol. The second-order valence-electron chi connectivity index (χ2n) is 7.46. The number of rotatable bonds is 3. The molecule has 0 bridgehead atoms. The van der Waals surface area contributed by atoms with Gasteiger partial charge < -0.3 is 4.52 Å². The van der Waals surface area contributed by atoms with Crippen LogP contribution in [0, 0.1) is 0 Å². The van der Waals surface area contributed by atoms with Gasteiger partial charge in [0.2, 0.25) is 11.8 Å². The zero-order chi connectivity index (χ0) is 18.4. The minimum Gasteiger partial charge on any atom is -0.338 e. The van der Waals surface area contributed by atoms with Gasteiger partial charge >= 0.3 is 0 Å². The summed E-state index contributed by atoms with van der Waals surface area (Å²) in [6.07, 6.45) is 0.479. The van der Waals surface area contributed by atoms with E-state index < -0.39 is 15.5 Å². The average Bonchev–Trinajstić information content (AvgIpc) is 3.14. The normalized spacial score (nSPS) is 22.4. The molecule has 134 valence electrons. The van der Waals surface area contributed by atoms with Gasteiger partial charge in [0.15, 0.2) is 0 Å². The first-order chi connectivity index (χ1) is 11.6. The van der Waals surface area contributed by atoms with Crippen molar-refractivity contribution in [3.63, 3.8) is 0 Å². The highest BCUT2D eigenvalue weighted by Crippen LogP contribution is 2.36. The lowest BCUT2D eigenvalue weighted by Gasteiger charge is -2.21. The lowest BCUT2D eigenvalue weighted by molar-refractivity contribution is -0.119. The number of amides is 1. The van der Waals surface area contributed by atoms with Gasteiger partial charge in [-0.15, -0.1) is 0 Å². The van der Waals surface area contributed by atoms with Crippen LogP contribution in [0.2, 0.25) is 5.02 Å². The molecule has 0 spiro atoms. The first-order valence-corrected chi connectivity index (χ1v) is 9.62. The van der Waals surface area contributed by atoms with Gasteiger partial charge in [0.1, 0.15) is 4.75 Å². The Morgan fingerprint density at radius 1 is 1.28 bits per heavy atom. The summed E-state index contributed by atoms with van der Waals surface area (Å²) in [5.74, 6) is 0.198. The van der Waals surface area contributed by atoms with Gasteiger partial charge in [-0.2, -0.15) is 0 Å². The fraction of sp³-hybridized carbons (Fsp3) is 0.444. The third-order valence-electron chi connectivity index (χ3n) is 4.48. The zero-order valence-corrected chi connectivity index (χ0v) is 16.3. The smallest absolute Gasteiger partial charge is 0.248 e. The van der Waals surface area contributed by atoms with Crippen molar-refractivity contribution in [2.24, 2.45) is 0 Å². The Morgan fingerprint density at radius 3 is 2.48 bits per heavy atom. The van der Waals surface area contributed by atoms with Gasteiger partial charge in [-0.25, -0.2) is 0 Å². The molecule has 1 aliphatic heterocycles. The molecule has 1 saturated heterocycles. The van der Waals surface area contributed by atoms with Crippen LogP contribution in [-0.2, 0) is 21.0 Å². The van der Waals surface area contributed by atoms with Gasteiger partial charge in [0.25, 0.3) is 0 Å². The third-order valence-corrected chi connectivity index (χ3v) is 6.63. The maximum atomic E-state index is 13.0. The molecule has 1 aromatic carbocycles. The molecule has 1 aliphatic rings. The summed E-state index contributed by atoms with van der Waals surface area (Å²) in [6.45, 7) is 8.27. The topological polar surface area (TPSA) is 63.4 Å². The molecule has 2 heterocycles. The molecule has 0 aliphatic carbocycles. The van der Waals surface area contributed by atoms with Crippen molar-refractivity contribution in [1.82, 2.24) is 5.16 Å². The molecule has 1 aromatic heterocycles. The second kappa shape index (κ2) is 6.25. The van der Waals surface area contributed by atoms with Gasteiger partial charge in [-0.3, -0.25) is 13.9 Å². The van der Waals surface area contributed by atoms with E-state index in [1.807, 2.05) is 20.8 Å². The van der Waals surface area contributed by atoms with Crippen molar-refractivity contribution in [2.45, 2.75) is 49.2 Å². The van der Waals surface area contributed by atoms with E-state index in [1.165, 1.54) is 4.90 Å². The molecule has 0 N–H and O–H groups in total. The number of carbonyl (C=O) groups excluding carboxylic acids is 1. The largest absolute Gasteiger partial charge is 0.338 e. The molecule has 3 rings (SSSR count). The van der Waals surface area contributed by atoms with E-state index in [0.29, 0.717) is 28.8 Å². The molecule has 5 nitrogen and oxygen atoms in total. The highest BCUT2D eigenvalue weighted by Gasteiger charge is 2.49. The summed E-state index contributed by atoms with van der Waals surface area (Å²) in [4.78, 5) is 15.1. The van der Waals surface area contributed by atoms with Crippen LogP contribution in [0.3, 0.4) is 0 Å². The van der Waals surface area contributed by atoms with E-state index in [9.17, 15) is 9.00 Å². The first kappa shape index (κ1) is 18.1. The minimum absolute atomic E-state index is 0.167. The van der Waals surface area contributed by atoms with Crippen LogP contribution in [0.25, 0.3) is 0 Å². The highest BCUT2D eigenvalue weighted by atomic mass is 35.5. The van der Waals surface area contributed by atoms with Gasteiger partial charge in [-0.05, 0) is 37.6 Å². The standard InChI is InChI=1S/C18H21ClN2O3S/c1-17(2,3)14-11-15(24-20-14)21-10-9-18(4,16(21)22)25(23)13-7-5-12(19)6-8-13/h5-8,11H,9-10H2,1-4H3/t18-,25?/m1/s1. The van der Waals surface area contributed by atoms with Crippen LogP contribution in [0.1, 0.15) is 39.8 Å². The number of halogens is 1. The van der Waals surface area contributed by atoms with Crippen molar-refractivity contribution >= 4 is 34.2 Å². The van der Waals surface area contributed by atoms with E-state index in [-0.39, 0.29) is 11.3 Å². The molecule has 25 heavy (non-hydrogen) atoms. The summed E-state index contributed by atoms with van der Waals surface area (Å²) >= 11 is 5.89. The molecular weight excluding hydrogens is 360 g/mol. The number of aromatic nitrogens is 1. The lowest BCUT2D eigenvalue weighted by atomic mass is 9.92. The minimum atomic E-state index is -1.48. The van der Waals surface area contributed by atoms with E-state index in [1.54, 1.807) is 37.3 Å². The van der Waals surface area contributed by atoms with E-state index in [2.05, 4.69) is 5.16 Å². The van der Waals surface area contributed by atoms with E-state index in [4.69, 9.17) is 16.1 Å². The SMILES string of the molecule is CC(C)(C)c1cc(N2CC[C@@](C)(S(=O)c3ccc(Cl)cc3)C2=O)on1. The lowest BCUT2D eigenvalue weighted by Crippen LogP contribution is -2.41. The summed E-state index contributed by atoms with van der Waals surface area (Å²) < 4.78 is 17.4. The van der Waals surface area contributed by atoms with Crippen LogP contribution in [0.5, 0.6) is 0 Å². The molecule has 0 radical (unpaired) electrons. The van der Waals surface area contributed by atoms with Crippen LogP contribution < -0.4 is 4.90 Å². The van der Waals surface area contributed by atoms with Crippen molar-refractivity contribution in [2.75, 3.05) is 11.4 Å². The highest BCUT2D eigenvalue weighted by molar-refractivity contribution is 7.87. The Balaban J connectivity index is 1.86. The van der Waals surface area contributed by atoms with Gasteiger partial charge in [0.05, 0.1) is 16.5 Å².